The second-order valence-electron chi connectivity index (χ2n) is 7.31. The summed E-state index contributed by atoms with van der Waals surface area (Å²) >= 11 is 7.62. The van der Waals surface area contributed by atoms with Gasteiger partial charge in [0.1, 0.15) is 0 Å². The highest BCUT2D eigenvalue weighted by Crippen LogP contribution is 2.33. The lowest BCUT2D eigenvalue weighted by Gasteiger charge is -2.16. The monoisotopic (exact) mass is 494 g/mol. The van der Waals surface area contributed by atoms with E-state index in [9.17, 15) is 14.9 Å². The van der Waals surface area contributed by atoms with Gasteiger partial charge in [-0.3, -0.25) is 24.5 Å². The molecule has 1 atom stereocenters. The Bertz CT molecular complexity index is 1340. The van der Waals surface area contributed by atoms with E-state index in [1.165, 1.54) is 36.0 Å². The Kier molecular flexibility index (Phi) is 6.90. The predicted molar refractivity (Wildman–Crippen MR) is 131 cm³/mol. The van der Waals surface area contributed by atoms with Gasteiger partial charge in [-0.15, -0.1) is 10.2 Å². The molecule has 172 valence electrons. The Hall–Kier alpha value is -3.76. The molecule has 0 spiro atoms. The molecule has 0 aliphatic rings. The predicted octanol–water partition coefficient (Wildman–Crippen LogP) is 5.32. The van der Waals surface area contributed by atoms with Gasteiger partial charge in [0.2, 0.25) is 5.91 Å². The summed E-state index contributed by atoms with van der Waals surface area (Å²) in [5.41, 5.74) is 2.89. The quantitative estimate of drug-likeness (QED) is 0.210. The first-order chi connectivity index (χ1) is 16.3. The average Bonchev–Trinajstić information content (AvgIpc) is 3.25. The van der Waals surface area contributed by atoms with Crippen LogP contribution in [0.1, 0.15) is 12.5 Å². The molecule has 9 nitrogen and oxygen atoms in total. The van der Waals surface area contributed by atoms with Gasteiger partial charge in [0.05, 0.1) is 15.9 Å². The molecule has 2 aromatic carbocycles. The van der Waals surface area contributed by atoms with Crippen molar-refractivity contribution in [1.82, 2.24) is 19.7 Å². The SMILES string of the molecule is Cc1c(Cl)cccc1-n1c(SC(C)C(=O)Nc2ccc([N+](=O)[O-])cc2)nnc1-c1ccncc1. The van der Waals surface area contributed by atoms with E-state index < -0.39 is 10.2 Å². The number of carbonyl (C=O) groups is 1. The van der Waals surface area contributed by atoms with E-state index >= 15 is 0 Å². The van der Waals surface area contributed by atoms with Gasteiger partial charge >= 0.3 is 0 Å². The number of hydrogen-bond acceptors (Lipinski definition) is 7. The minimum absolute atomic E-state index is 0.0472. The van der Waals surface area contributed by atoms with Crippen molar-refractivity contribution >= 4 is 40.6 Å². The number of carbonyl (C=O) groups excluding carboxylic acids is 1. The Morgan fingerprint density at radius 3 is 2.50 bits per heavy atom. The van der Waals surface area contributed by atoms with Crippen molar-refractivity contribution in [3.63, 3.8) is 0 Å². The molecule has 0 saturated heterocycles. The van der Waals surface area contributed by atoms with E-state index in [0.29, 0.717) is 21.7 Å². The Balaban J connectivity index is 1.63. The molecule has 0 bridgehead atoms. The van der Waals surface area contributed by atoms with Gasteiger partial charge in [-0.25, -0.2) is 0 Å². The number of aromatic nitrogens is 4. The summed E-state index contributed by atoms with van der Waals surface area (Å²) in [4.78, 5) is 27.2. The molecule has 1 unspecified atom stereocenters. The maximum Gasteiger partial charge on any atom is 0.269 e. The van der Waals surface area contributed by atoms with Crippen molar-refractivity contribution in [3.8, 4) is 17.1 Å². The molecule has 4 rings (SSSR count). The van der Waals surface area contributed by atoms with E-state index in [1.54, 1.807) is 19.3 Å². The number of rotatable bonds is 7. The molecule has 4 aromatic rings. The molecule has 1 N–H and O–H groups in total. The molecule has 34 heavy (non-hydrogen) atoms. The molecule has 0 aliphatic carbocycles. The molecular formula is C23H19ClN6O3S. The van der Waals surface area contributed by atoms with Crippen LogP contribution in [0.3, 0.4) is 0 Å². The average molecular weight is 495 g/mol. The lowest BCUT2D eigenvalue weighted by atomic mass is 10.2. The van der Waals surface area contributed by atoms with Crippen LogP contribution in [0.25, 0.3) is 17.1 Å². The van der Waals surface area contributed by atoms with Crippen molar-refractivity contribution in [1.29, 1.82) is 0 Å². The number of halogens is 1. The summed E-state index contributed by atoms with van der Waals surface area (Å²) < 4.78 is 1.87. The van der Waals surface area contributed by atoms with Crippen LogP contribution < -0.4 is 5.32 Å². The minimum atomic E-state index is -0.539. The van der Waals surface area contributed by atoms with Gasteiger partial charge in [-0.1, -0.05) is 29.4 Å². The fourth-order valence-corrected chi connectivity index (χ4v) is 4.24. The van der Waals surface area contributed by atoms with Gasteiger partial charge in [0.15, 0.2) is 11.0 Å². The summed E-state index contributed by atoms with van der Waals surface area (Å²) in [7, 11) is 0. The number of hydrogen-bond donors (Lipinski definition) is 1. The largest absolute Gasteiger partial charge is 0.325 e. The number of pyridine rings is 1. The smallest absolute Gasteiger partial charge is 0.269 e. The Morgan fingerprint density at radius 1 is 1.12 bits per heavy atom. The molecule has 0 aliphatic heterocycles. The lowest BCUT2D eigenvalue weighted by molar-refractivity contribution is -0.384. The van der Waals surface area contributed by atoms with Crippen LogP contribution in [0.4, 0.5) is 11.4 Å². The number of nitrogens with one attached hydrogen (secondary N) is 1. The highest BCUT2D eigenvalue weighted by Gasteiger charge is 2.23. The first kappa shape index (κ1) is 23.4. The molecule has 0 radical (unpaired) electrons. The normalized spacial score (nSPS) is 11.7. The summed E-state index contributed by atoms with van der Waals surface area (Å²) in [5.74, 6) is 0.319. The summed E-state index contributed by atoms with van der Waals surface area (Å²) in [6.07, 6.45) is 3.35. The third kappa shape index (κ3) is 4.92. The number of anilines is 1. The van der Waals surface area contributed by atoms with E-state index in [1.807, 2.05) is 41.8 Å². The maximum atomic E-state index is 12.8. The van der Waals surface area contributed by atoms with Crippen LogP contribution in [0.5, 0.6) is 0 Å². The molecule has 11 heteroatoms. The van der Waals surface area contributed by atoms with Crippen molar-refractivity contribution in [2.45, 2.75) is 24.3 Å². The molecular weight excluding hydrogens is 476 g/mol. The highest BCUT2D eigenvalue weighted by atomic mass is 35.5. The standard InChI is InChI=1S/C23H19ClN6O3S/c1-14-19(24)4-3-5-20(14)29-21(16-10-12-25-13-11-16)27-28-23(29)34-15(2)22(31)26-17-6-8-18(9-7-17)30(32)33/h3-13,15H,1-2H3,(H,26,31). The fourth-order valence-electron chi connectivity index (χ4n) is 3.21. The van der Waals surface area contributed by atoms with Crippen LogP contribution in [-0.2, 0) is 4.79 Å². The molecule has 2 heterocycles. The van der Waals surface area contributed by atoms with Gasteiger partial charge < -0.3 is 5.32 Å². The molecule has 0 saturated carbocycles. The number of nitrogens with zero attached hydrogens (tertiary/aromatic N) is 5. The Morgan fingerprint density at radius 2 is 1.82 bits per heavy atom. The Labute approximate surface area is 204 Å². The third-order valence-electron chi connectivity index (χ3n) is 5.05. The van der Waals surface area contributed by atoms with E-state index in [4.69, 9.17) is 11.6 Å². The molecule has 2 aromatic heterocycles. The topological polar surface area (TPSA) is 116 Å². The van der Waals surface area contributed by atoms with Gasteiger partial charge in [-0.05, 0) is 55.8 Å². The van der Waals surface area contributed by atoms with Gasteiger partial charge in [0.25, 0.3) is 5.69 Å². The summed E-state index contributed by atoms with van der Waals surface area (Å²) in [6, 6.07) is 14.9. The second kappa shape index (κ2) is 10.0. The third-order valence-corrected chi connectivity index (χ3v) is 6.50. The zero-order valence-corrected chi connectivity index (χ0v) is 19.7. The fraction of sp³-hybridized carbons (Fsp3) is 0.130. The minimum Gasteiger partial charge on any atom is -0.325 e. The number of amides is 1. The van der Waals surface area contributed by atoms with Crippen LogP contribution in [-0.4, -0.2) is 35.8 Å². The molecule has 1 amide bonds. The van der Waals surface area contributed by atoms with E-state index in [-0.39, 0.29) is 11.6 Å². The van der Waals surface area contributed by atoms with Crippen molar-refractivity contribution in [3.05, 3.63) is 87.7 Å². The van der Waals surface area contributed by atoms with Gasteiger partial charge in [-0.2, -0.15) is 0 Å². The summed E-state index contributed by atoms with van der Waals surface area (Å²) in [5, 5.41) is 22.9. The maximum absolute atomic E-state index is 12.8. The van der Waals surface area contributed by atoms with E-state index in [0.717, 1.165) is 16.8 Å². The number of nitro groups is 1. The number of benzene rings is 2. The van der Waals surface area contributed by atoms with Crippen LogP contribution in [0, 0.1) is 17.0 Å². The van der Waals surface area contributed by atoms with Crippen LogP contribution in [0.15, 0.2) is 72.1 Å². The second-order valence-corrected chi connectivity index (χ2v) is 9.03. The zero-order valence-electron chi connectivity index (χ0n) is 18.2. The van der Waals surface area contributed by atoms with Crippen molar-refractivity contribution in [2.24, 2.45) is 0 Å². The first-order valence-electron chi connectivity index (χ1n) is 10.2. The number of non-ortho nitro benzene ring substituents is 1. The van der Waals surface area contributed by atoms with E-state index in [2.05, 4.69) is 20.5 Å². The van der Waals surface area contributed by atoms with Crippen molar-refractivity contribution in [2.75, 3.05) is 5.32 Å². The zero-order chi connectivity index (χ0) is 24.2. The number of thioether (sulfide) groups is 1. The highest BCUT2D eigenvalue weighted by molar-refractivity contribution is 8.00. The van der Waals surface area contributed by atoms with Crippen LogP contribution in [0.2, 0.25) is 5.02 Å². The van der Waals surface area contributed by atoms with Crippen LogP contribution >= 0.6 is 23.4 Å². The lowest BCUT2D eigenvalue weighted by Crippen LogP contribution is -2.23. The summed E-state index contributed by atoms with van der Waals surface area (Å²) in [6.45, 7) is 3.66. The molecule has 0 fully saturated rings. The number of nitro benzene ring substituents is 1. The van der Waals surface area contributed by atoms with Crippen molar-refractivity contribution < 1.29 is 9.72 Å². The first-order valence-corrected chi connectivity index (χ1v) is 11.4. The van der Waals surface area contributed by atoms with Gasteiger partial charge in [0, 0.05) is 40.8 Å².